The van der Waals surface area contributed by atoms with Crippen LogP contribution in [0, 0.1) is 11.8 Å². The van der Waals surface area contributed by atoms with Crippen LogP contribution in [0.2, 0.25) is 5.15 Å². The van der Waals surface area contributed by atoms with E-state index in [-0.39, 0.29) is 23.8 Å². The Morgan fingerprint density at radius 3 is 2.15 bits per heavy atom. The van der Waals surface area contributed by atoms with E-state index < -0.39 is 0 Å². The Kier molecular flexibility index (Phi) is 9.11. The van der Waals surface area contributed by atoms with Gasteiger partial charge in [-0.3, -0.25) is 19.6 Å². The summed E-state index contributed by atoms with van der Waals surface area (Å²) < 4.78 is 10.3. The number of halogens is 1. The lowest BCUT2D eigenvalue weighted by Gasteiger charge is -2.20. The predicted molar refractivity (Wildman–Crippen MR) is 183 cm³/mol. The molecule has 2 aliphatic carbocycles. The van der Waals surface area contributed by atoms with E-state index in [2.05, 4.69) is 35.2 Å². The largest absolute Gasteiger partial charge is 0.466 e. The molecule has 3 aliphatic rings. The second-order valence-electron chi connectivity index (χ2n) is 11.5. The number of pyridine rings is 1. The van der Waals surface area contributed by atoms with Crippen LogP contribution in [0.25, 0.3) is 20.4 Å². The number of aryl methyl sites for hydroxylation is 2. The van der Waals surface area contributed by atoms with Crippen molar-refractivity contribution in [3.05, 3.63) is 62.2 Å². The number of thiophene rings is 2. The molecule has 11 nitrogen and oxygen atoms in total. The summed E-state index contributed by atoms with van der Waals surface area (Å²) in [6, 6.07) is 2.04. The predicted octanol–water partition coefficient (Wildman–Crippen LogP) is 6.44. The van der Waals surface area contributed by atoms with Crippen molar-refractivity contribution in [1.82, 2.24) is 24.9 Å². The summed E-state index contributed by atoms with van der Waals surface area (Å²) in [6.45, 7) is 5.19. The number of fused-ring (bicyclic) bond motifs is 7. The summed E-state index contributed by atoms with van der Waals surface area (Å²) >= 11 is 9.41. The van der Waals surface area contributed by atoms with E-state index in [1.54, 1.807) is 29.0 Å². The number of anilines is 2. The molecule has 0 unspecified atom stereocenters. The van der Waals surface area contributed by atoms with Gasteiger partial charge in [0.2, 0.25) is 0 Å². The fourth-order valence-electron chi connectivity index (χ4n) is 6.39. The molecule has 0 aromatic carbocycles. The third-order valence-electron chi connectivity index (χ3n) is 8.62. The van der Waals surface area contributed by atoms with Gasteiger partial charge in [0, 0.05) is 21.5 Å². The molecule has 2 atom stereocenters. The van der Waals surface area contributed by atoms with Crippen molar-refractivity contribution >= 4 is 84.4 Å². The van der Waals surface area contributed by atoms with Crippen LogP contribution in [0.15, 0.2) is 29.9 Å². The standard InChI is InChI=1S/C20H19N5O2S.C13H13ClN2O2S/c1-2-27-20(26)11-3-4-14-16(6-11)28-19-17(14)18(23-10-24-19)25-13-5-12-7-21-9-15(12)22-8-13;1-2-18-13(17)7-3-4-8-9(5-7)19-12-10(8)11(14)15-6-16-12/h5,7-8,10-11H,2-4,6,9H2,1H3,(H,23,24,25);6-7H,2-5H2,1H3/t11-;7-/m00/s1. The van der Waals surface area contributed by atoms with Gasteiger partial charge >= 0.3 is 11.9 Å². The summed E-state index contributed by atoms with van der Waals surface area (Å²) in [7, 11) is 0. The van der Waals surface area contributed by atoms with E-state index in [1.807, 2.05) is 32.3 Å². The topological polar surface area (TPSA) is 141 Å². The molecule has 5 aromatic heterocycles. The van der Waals surface area contributed by atoms with E-state index in [0.29, 0.717) is 31.3 Å². The molecule has 47 heavy (non-hydrogen) atoms. The second kappa shape index (κ2) is 13.6. The summed E-state index contributed by atoms with van der Waals surface area (Å²) in [5.74, 6) is 0.495. The van der Waals surface area contributed by atoms with Gasteiger partial charge in [0.15, 0.2) is 0 Å². The number of rotatable bonds is 6. The molecule has 14 heteroatoms. The van der Waals surface area contributed by atoms with Gasteiger partial charge in [0.25, 0.3) is 0 Å². The average molecular weight is 690 g/mol. The lowest BCUT2D eigenvalue weighted by Crippen LogP contribution is -2.23. The molecule has 1 aliphatic heterocycles. The quantitative estimate of drug-likeness (QED) is 0.156. The third-order valence-corrected chi connectivity index (χ3v) is 11.2. The van der Waals surface area contributed by atoms with E-state index >= 15 is 0 Å². The maximum Gasteiger partial charge on any atom is 0.309 e. The van der Waals surface area contributed by atoms with Crippen LogP contribution < -0.4 is 5.32 Å². The fraction of sp³-hybridized carbons (Fsp3) is 0.394. The van der Waals surface area contributed by atoms with Crippen LogP contribution >= 0.6 is 34.3 Å². The molecular formula is C33H32ClN7O4S2. The van der Waals surface area contributed by atoms with Crippen molar-refractivity contribution in [2.45, 2.75) is 58.9 Å². The number of hydrogen-bond acceptors (Lipinski definition) is 13. The summed E-state index contributed by atoms with van der Waals surface area (Å²) in [6.07, 6.45) is 11.4. The first-order chi connectivity index (χ1) is 22.9. The minimum atomic E-state index is -0.0964. The van der Waals surface area contributed by atoms with Crippen LogP contribution in [-0.4, -0.2) is 56.3 Å². The number of nitrogens with zero attached hydrogens (tertiary/aromatic N) is 6. The maximum atomic E-state index is 12.1. The number of carbonyl (C=O) groups is 2. The van der Waals surface area contributed by atoms with Gasteiger partial charge in [-0.05, 0) is 69.6 Å². The molecule has 1 N–H and O–H groups in total. The molecular weight excluding hydrogens is 658 g/mol. The van der Waals surface area contributed by atoms with Gasteiger partial charge < -0.3 is 14.8 Å². The highest BCUT2D eigenvalue weighted by atomic mass is 35.5. The van der Waals surface area contributed by atoms with Gasteiger partial charge in [-0.15, -0.1) is 22.7 Å². The first-order valence-corrected chi connectivity index (χ1v) is 17.7. The summed E-state index contributed by atoms with van der Waals surface area (Å²) in [5, 5.41) is 5.94. The second-order valence-corrected chi connectivity index (χ2v) is 14.0. The minimum absolute atomic E-state index is 0.0350. The van der Waals surface area contributed by atoms with Crippen LogP contribution in [0.5, 0.6) is 0 Å². The third kappa shape index (κ3) is 6.31. The van der Waals surface area contributed by atoms with Crippen molar-refractivity contribution in [3.8, 4) is 0 Å². The minimum Gasteiger partial charge on any atom is -0.466 e. The number of ether oxygens (including phenoxy) is 2. The molecule has 8 rings (SSSR count). The van der Waals surface area contributed by atoms with Crippen molar-refractivity contribution < 1.29 is 19.1 Å². The normalized spacial score (nSPS) is 17.8. The van der Waals surface area contributed by atoms with Crippen molar-refractivity contribution in [2.75, 3.05) is 18.5 Å². The maximum absolute atomic E-state index is 12.1. The molecule has 0 saturated carbocycles. The highest BCUT2D eigenvalue weighted by Gasteiger charge is 2.31. The van der Waals surface area contributed by atoms with Gasteiger partial charge in [-0.1, -0.05) is 11.6 Å². The molecule has 6 heterocycles. The zero-order chi connectivity index (χ0) is 32.5. The summed E-state index contributed by atoms with van der Waals surface area (Å²) in [5.41, 5.74) is 5.38. The number of esters is 2. The molecule has 5 aromatic rings. The lowest BCUT2D eigenvalue weighted by molar-refractivity contribution is -0.149. The monoisotopic (exact) mass is 689 g/mol. The summed E-state index contributed by atoms with van der Waals surface area (Å²) in [4.78, 5) is 54.2. The van der Waals surface area contributed by atoms with E-state index in [4.69, 9.17) is 21.1 Å². The van der Waals surface area contributed by atoms with E-state index in [1.165, 1.54) is 27.2 Å². The lowest BCUT2D eigenvalue weighted by atomic mass is 9.88. The number of aromatic nitrogens is 5. The first kappa shape index (κ1) is 31.5. The highest BCUT2D eigenvalue weighted by Crippen LogP contribution is 2.41. The molecule has 0 spiro atoms. The Bertz CT molecular complexity index is 2030. The highest BCUT2D eigenvalue weighted by molar-refractivity contribution is 7.19. The number of nitrogens with one attached hydrogen (secondary N) is 1. The fourth-order valence-corrected chi connectivity index (χ4v) is 9.23. The number of carbonyl (C=O) groups excluding carboxylic acids is 2. The van der Waals surface area contributed by atoms with Crippen LogP contribution in [-0.2, 0) is 51.3 Å². The van der Waals surface area contributed by atoms with Gasteiger partial charge in [0.1, 0.15) is 33.3 Å². The Hall–Kier alpha value is -4.07. The van der Waals surface area contributed by atoms with Crippen LogP contribution in [0.4, 0.5) is 11.5 Å². The Labute approximate surface area is 283 Å². The van der Waals surface area contributed by atoms with Gasteiger partial charge in [-0.25, -0.2) is 19.9 Å². The SMILES string of the molecule is CCOC(=O)[C@H]1CCc2c(sc3ncnc(Cl)c23)C1.CCOC(=O)[C@H]1CCc2c(sc3ncnc(Nc4cnc5c(c4)C=NC5)c23)C1. The van der Waals surface area contributed by atoms with Crippen LogP contribution in [0.1, 0.15) is 58.8 Å². The molecule has 0 fully saturated rings. The smallest absolute Gasteiger partial charge is 0.309 e. The van der Waals surface area contributed by atoms with Crippen molar-refractivity contribution in [2.24, 2.45) is 16.8 Å². The first-order valence-electron chi connectivity index (χ1n) is 15.7. The molecule has 0 amide bonds. The zero-order valence-corrected chi connectivity index (χ0v) is 28.3. The van der Waals surface area contributed by atoms with Gasteiger partial charge in [0.05, 0.1) is 59.9 Å². The van der Waals surface area contributed by atoms with Crippen molar-refractivity contribution in [3.63, 3.8) is 0 Å². The molecule has 0 bridgehead atoms. The number of aliphatic imine (C=N–C) groups is 1. The zero-order valence-electron chi connectivity index (χ0n) is 25.9. The Morgan fingerprint density at radius 1 is 0.872 bits per heavy atom. The number of hydrogen-bond donors (Lipinski definition) is 1. The molecule has 0 radical (unpaired) electrons. The average Bonchev–Trinajstić information content (AvgIpc) is 3.80. The Morgan fingerprint density at radius 2 is 1.49 bits per heavy atom. The van der Waals surface area contributed by atoms with Crippen LogP contribution in [0.3, 0.4) is 0 Å². The Balaban J connectivity index is 0.000000161. The molecule has 0 saturated heterocycles. The van der Waals surface area contributed by atoms with Crippen molar-refractivity contribution in [1.29, 1.82) is 0 Å². The van der Waals surface area contributed by atoms with E-state index in [9.17, 15) is 9.59 Å². The van der Waals surface area contributed by atoms with E-state index in [0.717, 1.165) is 75.3 Å². The van der Waals surface area contributed by atoms with Gasteiger partial charge in [-0.2, -0.15) is 0 Å². The molecule has 242 valence electrons.